The first kappa shape index (κ1) is 19.7. The molecule has 0 aromatic heterocycles. The van der Waals surface area contributed by atoms with Crippen molar-refractivity contribution < 1.29 is 17.6 Å². The lowest BCUT2D eigenvalue weighted by Crippen LogP contribution is -2.35. The van der Waals surface area contributed by atoms with E-state index >= 15 is 0 Å². The van der Waals surface area contributed by atoms with Gasteiger partial charge in [0.1, 0.15) is 5.82 Å². The number of amides is 1. The van der Waals surface area contributed by atoms with E-state index in [4.69, 9.17) is 11.6 Å². The van der Waals surface area contributed by atoms with Crippen molar-refractivity contribution >= 4 is 45.0 Å². The number of halogens is 2. The van der Waals surface area contributed by atoms with E-state index in [1.54, 1.807) is 12.1 Å². The van der Waals surface area contributed by atoms with Crippen molar-refractivity contribution in [1.29, 1.82) is 0 Å². The summed E-state index contributed by atoms with van der Waals surface area (Å²) in [5.41, 5.74) is 0.607. The smallest absolute Gasteiger partial charge is 0.243 e. The molecule has 0 aliphatic heterocycles. The second-order valence-electron chi connectivity index (χ2n) is 5.09. The minimum atomic E-state index is -3.97. The van der Waals surface area contributed by atoms with Gasteiger partial charge in [-0.25, -0.2) is 12.8 Å². The summed E-state index contributed by atoms with van der Waals surface area (Å²) in [6.07, 6.45) is 1.87. The van der Waals surface area contributed by atoms with E-state index in [0.717, 1.165) is 27.4 Å². The van der Waals surface area contributed by atoms with Gasteiger partial charge in [0.15, 0.2) is 0 Å². The quantitative estimate of drug-likeness (QED) is 0.751. The Morgan fingerprint density at radius 2 is 1.96 bits per heavy atom. The number of benzene rings is 2. The average molecular weight is 403 g/mol. The van der Waals surface area contributed by atoms with E-state index in [-0.39, 0.29) is 16.5 Å². The van der Waals surface area contributed by atoms with Crippen molar-refractivity contribution in [3.8, 4) is 0 Å². The average Bonchev–Trinajstić information content (AvgIpc) is 2.57. The molecular weight excluding hydrogens is 387 g/mol. The van der Waals surface area contributed by atoms with E-state index in [1.807, 2.05) is 18.4 Å². The number of carbonyl (C=O) groups excluding carboxylic acids is 1. The van der Waals surface area contributed by atoms with Crippen LogP contribution in [-0.4, -0.2) is 38.5 Å². The Morgan fingerprint density at radius 1 is 1.28 bits per heavy atom. The summed E-state index contributed by atoms with van der Waals surface area (Å²) in [6, 6.07) is 10.3. The normalized spacial score (nSPS) is 11.6. The summed E-state index contributed by atoms with van der Waals surface area (Å²) in [6.45, 7) is -0.389. The van der Waals surface area contributed by atoms with Gasteiger partial charge < -0.3 is 5.32 Å². The van der Waals surface area contributed by atoms with Crippen molar-refractivity contribution in [2.24, 2.45) is 0 Å². The maximum Gasteiger partial charge on any atom is 0.243 e. The number of rotatable bonds is 6. The molecule has 0 aliphatic carbocycles. The molecule has 0 radical (unpaired) electrons. The summed E-state index contributed by atoms with van der Waals surface area (Å²) >= 11 is 7.10. The van der Waals surface area contributed by atoms with Gasteiger partial charge in [-0.3, -0.25) is 4.79 Å². The van der Waals surface area contributed by atoms with Crippen LogP contribution in [0.15, 0.2) is 52.3 Å². The first-order valence-corrected chi connectivity index (χ1v) is 10.1. The fourth-order valence-corrected chi connectivity index (χ4v) is 3.99. The van der Waals surface area contributed by atoms with Crippen molar-refractivity contribution in [2.45, 2.75) is 9.79 Å². The lowest BCUT2D eigenvalue weighted by Gasteiger charge is -2.17. The Morgan fingerprint density at radius 3 is 2.60 bits per heavy atom. The van der Waals surface area contributed by atoms with Gasteiger partial charge in [0.2, 0.25) is 15.9 Å². The van der Waals surface area contributed by atoms with Gasteiger partial charge in [-0.05, 0) is 36.6 Å². The zero-order chi connectivity index (χ0) is 18.6. The molecule has 1 N–H and O–H groups in total. The number of hydrogen-bond donors (Lipinski definition) is 1. The highest BCUT2D eigenvalue weighted by Gasteiger charge is 2.24. The van der Waals surface area contributed by atoms with Gasteiger partial charge in [0.25, 0.3) is 0 Å². The number of sulfonamides is 1. The number of hydrogen-bond acceptors (Lipinski definition) is 4. The zero-order valence-electron chi connectivity index (χ0n) is 13.5. The standard InChI is InChI=1S/C16H16ClFN2O3S2/c1-20(25(22,23)11-7-8-13(18)12(17)9-11)10-16(21)19-14-5-3-4-6-15(14)24-2/h3-9H,10H2,1-2H3,(H,19,21). The van der Waals surface area contributed by atoms with Gasteiger partial charge >= 0.3 is 0 Å². The Bertz CT molecular complexity index is 891. The molecule has 0 heterocycles. The molecule has 1 amide bonds. The predicted molar refractivity (Wildman–Crippen MR) is 98.1 cm³/mol. The fourth-order valence-electron chi connectivity index (χ4n) is 2.04. The van der Waals surface area contributed by atoms with Crippen molar-refractivity contribution in [2.75, 3.05) is 25.2 Å². The van der Waals surface area contributed by atoms with E-state index in [2.05, 4.69) is 5.32 Å². The van der Waals surface area contributed by atoms with Crippen LogP contribution < -0.4 is 5.32 Å². The summed E-state index contributed by atoms with van der Waals surface area (Å²) in [5, 5.41) is 2.39. The highest BCUT2D eigenvalue weighted by Crippen LogP contribution is 2.25. The number of para-hydroxylation sites is 1. The summed E-state index contributed by atoms with van der Waals surface area (Å²) in [5.74, 6) is -1.20. The van der Waals surface area contributed by atoms with Gasteiger partial charge in [-0.1, -0.05) is 23.7 Å². The second kappa shape index (κ2) is 8.18. The molecule has 2 rings (SSSR count). The van der Waals surface area contributed by atoms with Crippen LogP contribution in [0.5, 0.6) is 0 Å². The molecule has 9 heteroatoms. The van der Waals surface area contributed by atoms with Crippen LogP contribution in [0.25, 0.3) is 0 Å². The minimum Gasteiger partial charge on any atom is -0.324 e. The van der Waals surface area contributed by atoms with Crippen LogP contribution in [-0.2, 0) is 14.8 Å². The van der Waals surface area contributed by atoms with Crippen LogP contribution in [0.4, 0.5) is 10.1 Å². The lowest BCUT2D eigenvalue weighted by molar-refractivity contribution is -0.116. The number of likely N-dealkylation sites (N-methyl/N-ethyl adjacent to an activating group) is 1. The Balaban J connectivity index is 2.13. The van der Waals surface area contributed by atoms with E-state index < -0.39 is 21.7 Å². The molecule has 0 spiro atoms. The fraction of sp³-hybridized carbons (Fsp3) is 0.188. The Kier molecular flexibility index (Phi) is 6.45. The Hall–Kier alpha value is -1.61. The van der Waals surface area contributed by atoms with E-state index in [0.29, 0.717) is 5.69 Å². The van der Waals surface area contributed by atoms with Crippen LogP contribution in [0.2, 0.25) is 5.02 Å². The van der Waals surface area contributed by atoms with Crippen LogP contribution >= 0.6 is 23.4 Å². The zero-order valence-corrected chi connectivity index (χ0v) is 15.9. The topological polar surface area (TPSA) is 66.5 Å². The molecule has 5 nitrogen and oxygen atoms in total. The molecule has 0 saturated heterocycles. The number of nitrogens with zero attached hydrogens (tertiary/aromatic N) is 1. The van der Waals surface area contributed by atoms with E-state index in [9.17, 15) is 17.6 Å². The number of thioether (sulfide) groups is 1. The molecule has 0 bridgehead atoms. The van der Waals surface area contributed by atoms with Gasteiger partial charge in [0, 0.05) is 11.9 Å². The van der Waals surface area contributed by atoms with E-state index in [1.165, 1.54) is 18.8 Å². The van der Waals surface area contributed by atoms with Crippen molar-refractivity contribution in [1.82, 2.24) is 4.31 Å². The molecule has 2 aromatic rings. The van der Waals surface area contributed by atoms with Crippen molar-refractivity contribution in [3.63, 3.8) is 0 Å². The summed E-state index contributed by atoms with van der Waals surface area (Å²) in [7, 11) is -2.69. The monoisotopic (exact) mass is 402 g/mol. The first-order valence-electron chi connectivity index (χ1n) is 7.10. The predicted octanol–water partition coefficient (Wildman–Crippen LogP) is 3.46. The third-order valence-corrected chi connectivity index (χ3v) is 6.23. The van der Waals surface area contributed by atoms with Crippen LogP contribution in [0.3, 0.4) is 0 Å². The van der Waals surface area contributed by atoms with Crippen LogP contribution in [0, 0.1) is 5.82 Å². The molecule has 0 atom stereocenters. The maximum absolute atomic E-state index is 13.2. The van der Waals surface area contributed by atoms with Gasteiger partial charge in [-0.15, -0.1) is 11.8 Å². The second-order valence-corrected chi connectivity index (χ2v) is 8.39. The lowest BCUT2D eigenvalue weighted by atomic mass is 10.3. The number of anilines is 1. The maximum atomic E-state index is 13.2. The summed E-state index contributed by atoms with van der Waals surface area (Å²) in [4.78, 5) is 12.9. The SMILES string of the molecule is CSc1ccccc1NC(=O)CN(C)S(=O)(=O)c1ccc(F)c(Cl)c1. The summed E-state index contributed by atoms with van der Waals surface area (Å²) < 4.78 is 39.0. The van der Waals surface area contributed by atoms with Crippen LogP contribution in [0.1, 0.15) is 0 Å². The molecule has 2 aromatic carbocycles. The molecule has 0 unspecified atom stereocenters. The highest BCUT2D eigenvalue weighted by atomic mass is 35.5. The molecule has 0 fully saturated rings. The third kappa shape index (κ3) is 4.72. The number of nitrogens with one attached hydrogen (secondary N) is 1. The first-order chi connectivity index (χ1) is 11.8. The third-order valence-electron chi connectivity index (χ3n) is 3.35. The Labute approximate surface area is 155 Å². The number of carbonyl (C=O) groups is 1. The van der Waals surface area contributed by atoms with Gasteiger partial charge in [-0.2, -0.15) is 4.31 Å². The molecule has 0 saturated carbocycles. The molecule has 25 heavy (non-hydrogen) atoms. The molecular formula is C16H16ClFN2O3S2. The largest absolute Gasteiger partial charge is 0.324 e. The van der Waals surface area contributed by atoms with Crippen molar-refractivity contribution in [3.05, 3.63) is 53.3 Å². The molecule has 0 aliphatic rings. The minimum absolute atomic E-state index is 0.182. The highest BCUT2D eigenvalue weighted by molar-refractivity contribution is 7.98. The van der Waals surface area contributed by atoms with Gasteiger partial charge in [0.05, 0.1) is 22.2 Å². The molecule has 134 valence electrons.